The Bertz CT molecular complexity index is 866. The first kappa shape index (κ1) is 19.1. The van der Waals surface area contributed by atoms with Gasteiger partial charge < -0.3 is 10.2 Å². The molecule has 3 heterocycles. The summed E-state index contributed by atoms with van der Waals surface area (Å²) in [6, 6.07) is 7.92. The van der Waals surface area contributed by atoms with Crippen molar-refractivity contribution in [1.29, 1.82) is 0 Å². The Kier molecular flexibility index (Phi) is 5.21. The fourth-order valence-corrected chi connectivity index (χ4v) is 6.80. The molecule has 0 radical (unpaired) electrons. The lowest BCUT2D eigenvalue weighted by Gasteiger charge is -2.40. The number of hydrogen-bond acceptors (Lipinski definition) is 3. The smallest absolute Gasteiger partial charge is 0.0458 e. The molecule has 0 bridgehead atoms. The van der Waals surface area contributed by atoms with Crippen LogP contribution in [0.1, 0.15) is 74.5 Å². The number of hydrogen-bond donors (Lipinski definition) is 1. The average molecular weight is 404 g/mol. The van der Waals surface area contributed by atoms with Crippen LogP contribution in [0.3, 0.4) is 0 Å². The van der Waals surface area contributed by atoms with E-state index in [4.69, 9.17) is 0 Å². The van der Waals surface area contributed by atoms with E-state index in [0.717, 1.165) is 25.6 Å². The number of allylic oxidation sites excluding steroid dienone is 2. The highest BCUT2D eigenvalue weighted by atomic mass is 15.2. The van der Waals surface area contributed by atoms with Crippen molar-refractivity contribution < 1.29 is 0 Å². The molecule has 0 saturated carbocycles. The SMILES string of the molecule is c1cc(CN2CCC(N3CCCCC3)CC2)c2c(c1)C1=C(C2)C2=C(CCCC2)CN1. The number of rotatable bonds is 3. The third kappa shape index (κ3) is 3.44. The third-order valence-electron chi connectivity index (χ3n) is 8.48. The summed E-state index contributed by atoms with van der Waals surface area (Å²) in [5.74, 6) is 0. The van der Waals surface area contributed by atoms with Gasteiger partial charge in [0.05, 0.1) is 0 Å². The Morgan fingerprint density at radius 2 is 1.70 bits per heavy atom. The number of dihydropyridines is 1. The largest absolute Gasteiger partial charge is 0.381 e. The van der Waals surface area contributed by atoms with E-state index in [1.807, 2.05) is 0 Å². The summed E-state index contributed by atoms with van der Waals surface area (Å²) in [6.45, 7) is 7.46. The van der Waals surface area contributed by atoms with Gasteiger partial charge in [0.1, 0.15) is 0 Å². The van der Waals surface area contributed by atoms with Crippen molar-refractivity contribution in [1.82, 2.24) is 15.1 Å². The molecule has 5 aliphatic rings. The molecule has 2 aliphatic carbocycles. The van der Waals surface area contributed by atoms with Gasteiger partial charge in [-0.1, -0.05) is 24.6 Å². The minimum absolute atomic E-state index is 0.845. The molecule has 1 aromatic rings. The highest BCUT2D eigenvalue weighted by Gasteiger charge is 2.32. The van der Waals surface area contributed by atoms with Crippen molar-refractivity contribution in [2.75, 3.05) is 32.7 Å². The number of nitrogens with zero attached hydrogens (tertiary/aromatic N) is 2. The molecule has 30 heavy (non-hydrogen) atoms. The summed E-state index contributed by atoms with van der Waals surface area (Å²) in [5, 5.41) is 3.81. The summed E-state index contributed by atoms with van der Waals surface area (Å²) < 4.78 is 0. The maximum Gasteiger partial charge on any atom is 0.0458 e. The van der Waals surface area contributed by atoms with Gasteiger partial charge in [0, 0.05) is 36.8 Å². The van der Waals surface area contributed by atoms with Crippen LogP contribution in [0.15, 0.2) is 34.9 Å². The summed E-state index contributed by atoms with van der Waals surface area (Å²) in [6.07, 6.45) is 13.6. The van der Waals surface area contributed by atoms with Crippen LogP contribution in [0.5, 0.6) is 0 Å². The Hall–Kier alpha value is -1.58. The number of benzene rings is 1. The third-order valence-corrected chi connectivity index (χ3v) is 8.48. The molecule has 0 spiro atoms. The van der Waals surface area contributed by atoms with E-state index >= 15 is 0 Å². The van der Waals surface area contributed by atoms with Crippen LogP contribution in [0, 0.1) is 0 Å². The lowest BCUT2D eigenvalue weighted by atomic mass is 9.84. The molecule has 3 nitrogen and oxygen atoms in total. The van der Waals surface area contributed by atoms with E-state index in [2.05, 4.69) is 33.3 Å². The van der Waals surface area contributed by atoms with Crippen LogP contribution in [0.2, 0.25) is 0 Å². The molecular formula is C27H37N3. The monoisotopic (exact) mass is 403 g/mol. The minimum Gasteiger partial charge on any atom is -0.381 e. The quantitative estimate of drug-likeness (QED) is 0.776. The van der Waals surface area contributed by atoms with E-state index in [9.17, 15) is 0 Å². The van der Waals surface area contributed by atoms with E-state index in [1.54, 1.807) is 27.8 Å². The Labute approximate surface area is 182 Å². The van der Waals surface area contributed by atoms with Gasteiger partial charge in [-0.05, 0) is 105 Å². The fraction of sp³-hybridized carbons (Fsp3) is 0.630. The number of nitrogens with one attached hydrogen (secondary N) is 1. The van der Waals surface area contributed by atoms with Crippen molar-refractivity contribution in [3.63, 3.8) is 0 Å². The number of likely N-dealkylation sites (tertiary alicyclic amines) is 2. The second kappa shape index (κ2) is 8.16. The highest BCUT2D eigenvalue weighted by molar-refractivity contribution is 5.81. The van der Waals surface area contributed by atoms with Crippen molar-refractivity contribution in [2.45, 2.75) is 76.8 Å². The Balaban J connectivity index is 1.15. The van der Waals surface area contributed by atoms with Crippen molar-refractivity contribution in [3.8, 4) is 0 Å². The van der Waals surface area contributed by atoms with Gasteiger partial charge in [0.2, 0.25) is 0 Å². The van der Waals surface area contributed by atoms with Crippen LogP contribution in [-0.2, 0) is 13.0 Å². The van der Waals surface area contributed by atoms with Crippen molar-refractivity contribution in [3.05, 3.63) is 51.6 Å². The topological polar surface area (TPSA) is 18.5 Å². The van der Waals surface area contributed by atoms with Gasteiger partial charge in [0.15, 0.2) is 0 Å². The van der Waals surface area contributed by atoms with Crippen LogP contribution in [0.4, 0.5) is 0 Å². The molecule has 1 N–H and O–H groups in total. The van der Waals surface area contributed by atoms with Gasteiger partial charge in [0.25, 0.3) is 0 Å². The molecule has 3 heteroatoms. The standard InChI is InChI=1S/C27H37N3/c1-4-13-30(14-5-1)22-11-15-29(16-12-22)19-21-8-6-10-24-25(21)17-26-23-9-3-2-7-20(23)18-28-27(24)26/h6,8,10,22,28H,1-5,7,9,11-19H2. The van der Waals surface area contributed by atoms with Gasteiger partial charge in [-0.25, -0.2) is 0 Å². The first-order chi connectivity index (χ1) is 14.9. The lowest BCUT2D eigenvalue weighted by molar-refractivity contribution is 0.0895. The van der Waals surface area contributed by atoms with Crippen LogP contribution < -0.4 is 5.32 Å². The van der Waals surface area contributed by atoms with E-state index < -0.39 is 0 Å². The predicted octanol–water partition coefficient (Wildman–Crippen LogP) is 4.88. The summed E-state index contributed by atoms with van der Waals surface area (Å²) in [7, 11) is 0. The molecule has 0 atom stereocenters. The summed E-state index contributed by atoms with van der Waals surface area (Å²) in [4.78, 5) is 5.52. The van der Waals surface area contributed by atoms with Crippen LogP contribution in [-0.4, -0.2) is 48.6 Å². The zero-order valence-corrected chi connectivity index (χ0v) is 18.5. The molecule has 2 saturated heterocycles. The summed E-state index contributed by atoms with van der Waals surface area (Å²) in [5.41, 5.74) is 11.2. The zero-order chi connectivity index (χ0) is 19.9. The second-order valence-electron chi connectivity index (χ2n) is 10.2. The van der Waals surface area contributed by atoms with E-state index in [1.165, 1.54) is 95.2 Å². The fourth-order valence-electron chi connectivity index (χ4n) is 6.80. The molecule has 2 fully saturated rings. The molecule has 3 aliphatic heterocycles. The predicted molar refractivity (Wildman–Crippen MR) is 124 cm³/mol. The first-order valence-electron chi connectivity index (χ1n) is 12.6. The first-order valence-corrected chi connectivity index (χ1v) is 12.6. The van der Waals surface area contributed by atoms with Gasteiger partial charge >= 0.3 is 0 Å². The maximum atomic E-state index is 3.81. The van der Waals surface area contributed by atoms with Gasteiger partial charge in [-0.2, -0.15) is 0 Å². The molecule has 0 aromatic heterocycles. The Morgan fingerprint density at radius 3 is 2.57 bits per heavy atom. The van der Waals surface area contributed by atoms with Crippen molar-refractivity contribution >= 4 is 5.70 Å². The Morgan fingerprint density at radius 1 is 0.867 bits per heavy atom. The number of fused-ring (bicyclic) bond motifs is 3. The molecule has 0 amide bonds. The second-order valence-corrected chi connectivity index (χ2v) is 10.2. The summed E-state index contributed by atoms with van der Waals surface area (Å²) >= 11 is 0. The van der Waals surface area contributed by atoms with Crippen LogP contribution >= 0.6 is 0 Å². The van der Waals surface area contributed by atoms with Gasteiger partial charge in [-0.3, -0.25) is 4.90 Å². The molecule has 160 valence electrons. The number of piperidine rings is 2. The van der Waals surface area contributed by atoms with E-state index in [0.29, 0.717) is 0 Å². The molecular weight excluding hydrogens is 366 g/mol. The molecule has 6 rings (SSSR count). The van der Waals surface area contributed by atoms with Crippen LogP contribution in [0.25, 0.3) is 5.70 Å². The zero-order valence-electron chi connectivity index (χ0n) is 18.5. The lowest BCUT2D eigenvalue weighted by Crippen LogP contribution is -2.46. The van der Waals surface area contributed by atoms with Gasteiger partial charge in [-0.15, -0.1) is 0 Å². The molecule has 0 unspecified atom stereocenters. The maximum absolute atomic E-state index is 3.81. The molecule has 1 aromatic carbocycles. The average Bonchev–Trinajstić information content (AvgIpc) is 3.21. The normalized spacial score (nSPS) is 25.7. The van der Waals surface area contributed by atoms with Crippen molar-refractivity contribution in [2.24, 2.45) is 0 Å². The minimum atomic E-state index is 0.845. The van der Waals surface area contributed by atoms with E-state index in [-0.39, 0.29) is 0 Å². The highest BCUT2D eigenvalue weighted by Crippen LogP contribution is 2.43.